The molecule has 3 heteroatoms. The van der Waals surface area contributed by atoms with Crippen LogP contribution in [0.4, 0.5) is 0 Å². The lowest BCUT2D eigenvalue weighted by Gasteiger charge is -1.94. The lowest BCUT2D eigenvalue weighted by molar-refractivity contribution is -0.107. The Bertz CT molecular complexity index is 122. The molecule has 0 aliphatic rings. The highest BCUT2D eigenvalue weighted by Gasteiger charge is 1.99. The van der Waals surface area contributed by atoms with E-state index in [1.165, 1.54) is 11.8 Å². The Morgan fingerprint density at radius 3 is 2.67 bits per heavy atom. The van der Waals surface area contributed by atoms with E-state index in [4.69, 9.17) is 5.73 Å². The maximum Gasteiger partial charge on any atom is 0.214 e. The van der Waals surface area contributed by atoms with Crippen molar-refractivity contribution in [2.24, 2.45) is 5.73 Å². The summed E-state index contributed by atoms with van der Waals surface area (Å²) < 4.78 is 0. The van der Waals surface area contributed by atoms with Gasteiger partial charge < -0.3 is 5.73 Å². The quantitative estimate of drug-likeness (QED) is 0.597. The highest BCUT2D eigenvalue weighted by atomic mass is 32.2. The van der Waals surface area contributed by atoms with Crippen molar-refractivity contribution >= 4 is 16.9 Å². The predicted molar refractivity (Wildman–Crippen MR) is 41.3 cm³/mol. The number of hydrogen-bond acceptors (Lipinski definition) is 3. The van der Waals surface area contributed by atoms with Gasteiger partial charge in [0, 0.05) is 12.3 Å². The molecule has 52 valence electrons. The van der Waals surface area contributed by atoms with Crippen LogP contribution in [0.1, 0.15) is 6.92 Å². The molecular weight excluding hydrogens is 134 g/mol. The first kappa shape index (κ1) is 8.72. The molecule has 0 amide bonds. The van der Waals surface area contributed by atoms with Gasteiger partial charge in [0.2, 0.25) is 5.12 Å². The van der Waals surface area contributed by atoms with Crippen molar-refractivity contribution in [3.05, 3.63) is 12.2 Å². The van der Waals surface area contributed by atoms with E-state index in [1.807, 2.05) is 0 Å². The third-order valence-corrected chi connectivity index (χ3v) is 1.75. The fraction of sp³-hybridized carbons (Fsp3) is 0.500. The summed E-state index contributed by atoms with van der Waals surface area (Å²) in [6.07, 6.45) is 0. The second-order valence-corrected chi connectivity index (χ2v) is 2.77. The molecule has 0 fully saturated rings. The standard InChI is InChI=1S/C6H11NOS/c1-5(2)6(8)9-4-3-7/h1,3-4,7H2,2H3. The predicted octanol–water partition coefficient (Wildman–Crippen LogP) is 0.781. The first-order valence-corrected chi connectivity index (χ1v) is 3.69. The maximum absolute atomic E-state index is 10.7. The summed E-state index contributed by atoms with van der Waals surface area (Å²) in [6.45, 7) is 5.74. The molecule has 0 radical (unpaired) electrons. The van der Waals surface area contributed by atoms with Gasteiger partial charge in [0.1, 0.15) is 0 Å². The third-order valence-electron chi connectivity index (χ3n) is 0.699. The minimum Gasteiger partial charge on any atom is -0.330 e. The Balaban J connectivity index is 3.39. The lowest BCUT2D eigenvalue weighted by Crippen LogP contribution is -2.04. The molecule has 0 aliphatic heterocycles. The molecule has 0 aromatic heterocycles. The van der Waals surface area contributed by atoms with Crippen LogP contribution in [0.15, 0.2) is 12.2 Å². The van der Waals surface area contributed by atoms with Gasteiger partial charge in [-0.3, -0.25) is 4.79 Å². The Labute approximate surface area is 59.5 Å². The van der Waals surface area contributed by atoms with E-state index in [0.29, 0.717) is 17.9 Å². The summed E-state index contributed by atoms with van der Waals surface area (Å²) in [5, 5.41) is 0.0421. The molecule has 0 rings (SSSR count). The lowest BCUT2D eigenvalue weighted by atomic mass is 10.4. The molecular formula is C6H11NOS. The van der Waals surface area contributed by atoms with Crippen molar-refractivity contribution in [3.63, 3.8) is 0 Å². The van der Waals surface area contributed by atoms with E-state index in [2.05, 4.69) is 6.58 Å². The topological polar surface area (TPSA) is 43.1 Å². The van der Waals surface area contributed by atoms with E-state index in [-0.39, 0.29) is 5.12 Å². The molecule has 0 unspecified atom stereocenters. The fourth-order valence-electron chi connectivity index (χ4n) is 0.275. The number of nitrogens with two attached hydrogens (primary N) is 1. The van der Waals surface area contributed by atoms with Crippen LogP contribution < -0.4 is 5.73 Å². The monoisotopic (exact) mass is 145 g/mol. The molecule has 0 spiro atoms. The Morgan fingerprint density at radius 2 is 2.33 bits per heavy atom. The van der Waals surface area contributed by atoms with Gasteiger partial charge in [-0.25, -0.2) is 0 Å². The molecule has 0 atom stereocenters. The van der Waals surface area contributed by atoms with Gasteiger partial charge in [0.05, 0.1) is 0 Å². The SMILES string of the molecule is C=C(C)C(=O)SCCN. The van der Waals surface area contributed by atoms with Crippen molar-refractivity contribution in [1.29, 1.82) is 0 Å². The molecule has 0 aliphatic carbocycles. The van der Waals surface area contributed by atoms with Crippen LogP contribution in [0.3, 0.4) is 0 Å². The fourth-order valence-corrected chi connectivity index (χ4v) is 0.824. The smallest absolute Gasteiger partial charge is 0.214 e. The summed E-state index contributed by atoms with van der Waals surface area (Å²) in [5.41, 5.74) is 5.77. The van der Waals surface area contributed by atoms with Crippen LogP contribution in [0, 0.1) is 0 Å². The summed E-state index contributed by atoms with van der Waals surface area (Å²) in [5.74, 6) is 0.686. The summed E-state index contributed by atoms with van der Waals surface area (Å²) in [6, 6.07) is 0. The van der Waals surface area contributed by atoms with Crippen LogP contribution in [0.2, 0.25) is 0 Å². The van der Waals surface area contributed by atoms with Crippen molar-refractivity contribution in [3.8, 4) is 0 Å². The number of carbonyl (C=O) groups is 1. The molecule has 2 nitrogen and oxygen atoms in total. The van der Waals surface area contributed by atoms with Crippen LogP contribution in [0.5, 0.6) is 0 Å². The van der Waals surface area contributed by atoms with E-state index >= 15 is 0 Å². The molecule has 9 heavy (non-hydrogen) atoms. The largest absolute Gasteiger partial charge is 0.330 e. The Morgan fingerprint density at radius 1 is 1.78 bits per heavy atom. The van der Waals surface area contributed by atoms with Crippen LogP contribution in [0.25, 0.3) is 0 Å². The van der Waals surface area contributed by atoms with Gasteiger partial charge in [0.25, 0.3) is 0 Å². The maximum atomic E-state index is 10.7. The molecule has 0 saturated heterocycles. The highest BCUT2D eigenvalue weighted by Crippen LogP contribution is 2.06. The average molecular weight is 145 g/mol. The molecule has 0 heterocycles. The second kappa shape index (κ2) is 4.58. The van der Waals surface area contributed by atoms with E-state index in [0.717, 1.165) is 0 Å². The summed E-state index contributed by atoms with van der Waals surface area (Å²) in [7, 11) is 0. The van der Waals surface area contributed by atoms with Crippen LogP contribution in [-0.4, -0.2) is 17.4 Å². The zero-order valence-corrected chi connectivity index (χ0v) is 6.33. The summed E-state index contributed by atoms with van der Waals surface area (Å²) in [4.78, 5) is 10.7. The molecule has 0 bridgehead atoms. The second-order valence-electron chi connectivity index (χ2n) is 1.70. The minimum atomic E-state index is 0.0421. The normalized spacial score (nSPS) is 9.11. The third kappa shape index (κ3) is 4.24. The van der Waals surface area contributed by atoms with Gasteiger partial charge in [-0.2, -0.15) is 0 Å². The average Bonchev–Trinajstić information content (AvgIpc) is 1.82. The van der Waals surface area contributed by atoms with Crippen molar-refractivity contribution < 1.29 is 4.79 Å². The van der Waals surface area contributed by atoms with Crippen molar-refractivity contribution in [2.75, 3.05) is 12.3 Å². The summed E-state index contributed by atoms with van der Waals surface area (Å²) >= 11 is 1.22. The molecule has 0 aromatic carbocycles. The number of rotatable bonds is 3. The number of carbonyl (C=O) groups excluding carboxylic acids is 1. The molecule has 0 aromatic rings. The van der Waals surface area contributed by atoms with E-state index in [9.17, 15) is 4.79 Å². The van der Waals surface area contributed by atoms with Crippen molar-refractivity contribution in [2.45, 2.75) is 6.92 Å². The molecule has 0 saturated carbocycles. The van der Waals surface area contributed by atoms with Crippen LogP contribution in [-0.2, 0) is 4.79 Å². The van der Waals surface area contributed by atoms with E-state index < -0.39 is 0 Å². The Hall–Kier alpha value is -0.280. The van der Waals surface area contributed by atoms with Gasteiger partial charge in [-0.15, -0.1) is 0 Å². The first-order valence-electron chi connectivity index (χ1n) is 2.71. The number of hydrogen-bond donors (Lipinski definition) is 1. The van der Waals surface area contributed by atoms with Gasteiger partial charge in [0.15, 0.2) is 0 Å². The van der Waals surface area contributed by atoms with Gasteiger partial charge in [-0.1, -0.05) is 18.3 Å². The highest BCUT2D eigenvalue weighted by molar-refractivity contribution is 8.14. The minimum absolute atomic E-state index is 0.0421. The zero-order valence-electron chi connectivity index (χ0n) is 5.52. The number of thioether (sulfide) groups is 1. The van der Waals surface area contributed by atoms with Gasteiger partial charge in [-0.05, 0) is 12.5 Å². The molecule has 2 N–H and O–H groups in total. The zero-order chi connectivity index (χ0) is 7.28. The Kier molecular flexibility index (Phi) is 4.44. The van der Waals surface area contributed by atoms with Crippen LogP contribution >= 0.6 is 11.8 Å². The van der Waals surface area contributed by atoms with E-state index in [1.54, 1.807) is 6.92 Å². The first-order chi connectivity index (χ1) is 4.18. The van der Waals surface area contributed by atoms with Crippen molar-refractivity contribution in [1.82, 2.24) is 0 Å². The van der Waals surface area contributed by atoms with Gasteiger partial charge >= 0.3 is 0 Å².